The Kier molecular flexibility index (Phi) is 12.0. The van der Waals surface area contributed by atoms with Gasteiger partial charge in [0, 0.05) is 94.6 Å². The summed E-state index contributed by atoms with van der Waals surface area (Å²) in [5.74, 6) is 1.29. The van der Waals surface area contributed by atoms with Crippen molar-refractivity contribution in [1.82, 2.24) is 23.7 Å². The van der Waals surface area contributed by atoms with Crippen LogP contribution < -0.4 is 14.7 Å². The van der Waals surface area contributed by atoms with E-state index in [4.69, 9.17) is 9.97 Å². The maximum atomic E-state index is 5.94. The van der Waals surface area contributed by atoms with Crippen LogP contribution in [0.15, 0.2) is 328 Å². The summed E-state index contributed by atoms with van der Waals surface area (Å²) < 4.78 is 7.09. The number of hydrogen-bond acceptors (Lipinski definition) is 5. The van der Waals surface area contributed by atoms with Crippen molar-refractivity contribution in [3.05, 3.63) is 328 Å². The fraction of sp³-hybridized carbons (Fsp3) is 0. The topological polar surface area (TPSA) is 50.3 Å². The van der Waals surface area contributed by atoms with Crippen molar-refractivity contribution in [2.75, 3.05) is 14.7 Å². The summed E-state index contributed by atoms with van der Waals surface area (Å²) in [4.78, 5) is 18.5. The molecule has 0 aliphatic carbocycles. The van der Waals surface area contributed by atoms with Crippen molar-refractivity contribution in [1.29, 1.82) is 0 Å². The van der Waals surface area contributed by atoms with E-state index in [-0.39, 0.29) is 0 Å². The van der Waals surface area contributed by atoms with Crippen LogP contribution in [0.5, 0.6) is 0 Å². The van der Waals surface area contributed by atoms with E-state index in [1.807, 2.05) is 0 Å². The van der Waals surface area contributed by atoms with Crippen molar-refractivity contribution in [3.8, 4) is 17.2 Å². The van der Waals surface area contributed by atoms with Crippen molar-refractivity contribution in [2.45, 2.75) is 0 Å². The first-order valence-electron chi connectivity index (χ1n) is 29.8. The molecule has 88 heavy (non-hydrogen) atoms. The third kappa shape index (κ3) is 8.37. The Morgan fingerprint density at radius 2 is 0.500 bits per heavy atom. The minimum absolute atomic E-state index is 0.537. The van der Waals surface area contributed by atoms with E-state index in [0.29, 0.717) is 5.95 Å². The third-order valence-electron chi connectivity index (χ3n) is 17.1. The van der Waals surface area contributed by atoms with Crippen LogP contribution in [-0.4, -0.2) is 23.7 Å². The molecule has 4 heterocycles. The van der Waals surface area contributed by atoms with Gasteiger partial charge in [0.1, 0.15) is 0 Å². The molecular formula is C80H54N8. The summed E-state index contributed by atoms with van der Waals surface area (Å²) in [5, 5.41) is 7.75. The fourth-order valence-corrected chi connectivity index (χ4v) is 13.3. The summed E-state index contributed by atoms with van der Waals surface area (Å²) in [6.07, 6.45) is 0. The van der Waals surface area contributed by atoms with Crippen LogP contribution in [0.3, 0.4) is 0 Å². The van der Waals surface area contributed by atoms with Crippen LogP contribution >= 0.6 is 0 Å². The number of nitrogens with zero attached hydrogens (tertiary/aromatic N) is 8. The zero-order valence-corrected chi connectivity index (χ0v) is 47.8. The normalized spacial score (nSPS) is 11.6. The van der Waals surface area contributed by atoms with Crippen LogP contribution in [0, 0.1) is 0 Å². The average Bonchev–Trinajstić information content (AvgIpc) is 1.69. The van der Waals surface area contributed by atoms with Crippen molar-refractivity contribution in [3.63, 3.8) is 0 Å². The molecule has 0 aliphatic rings. The Hall–Kier alpha value is -12.0. The molecule has 0 N–H and O–H groups in total. The van der Waals surface area contributed by atoms with E-state index in [1.54, 1.807) is 0 Å². The number of fused-ring (bicyclic) bond motifs is 10. The van der Waals surface area contributed by atoms with Crippen molar-refractivity contribution >= 4 is 128 Å². The van der Waals surface area contributed by atoms with Gasteiger partial charge in [0.25, 0.3) is 0 Å². The van der Waals surface area contributed by atoms with Gasteiger partial charge in [-0.3, -0.25) is 9.47 Å². The van der Waals surface area contributed by atoms with Gasteiger partial charge in [-0.25, -0.2) is 4.98 Å². The van der Waals surface area contributed by atoms with Gasteiger partial charge < -0.3 is 18.9 Å². The zero-order chi connectivity index (χ0) is 58.1. The minimum Gasteiger partial charge on any atom is -0.310 e. The second kappa shape index (κ2) is 21.0. The quantitative estimate of drug-likeness (QED) is 0.122. The SMILES string of the molecule is c1ccc(N(c2ccc3nc(N(c4ccccc4)c4ccc5c(c4)c4ccccc4n5-c4ccccc4)nc(-n4c5ccccc5c5cc(N(c6ccccc6)c6ccccc6)ccc54)c3c2)c2ccc3c(c2)c2ccccc2n3-c2ccccc2)cc1. The van der Waals surface area contributed by atoms with E-state index >= 15 is 0 Å². The molecule has 0 saturated heterocycles. The van der Waals surface area contributed by atoms with Crippen LogP contribution in [0.4, 0.5) is 51.4 Å². The van der Waals surface area contributed by atoms with Gasteiger partial charge in [-0.1, -0.05) is 164 Å². The molecule has 4 aromatic heterocycles. The first kappa shape index (κ1) is 50.5. The molecule has 0 bridgehead atoms. The Bertz CT molecular complexity index is 5410. The zero-order valence-electron chi connectivity index (χ0n) is 47.8. The lowest BCUT2D eigenvalue weighted by atomic mass is 10.1. The van der Waals surface area contributed by atoms with Gasteiger partial charge in [-0.2, -0.15) is 4.98 Å². The molecule has 0 aliphatic heterocycles. The maximum absolute atomic E-state index is 5.94. The molecule has 8 nitrogen and oxygen atoms in total. The van der Waals surface area contributed by atoms with Gasteiger partial charge in [-0.15, -0.1) is 0 Å². The largest absolute Gasteiger partial charge is 0.310 e. The Balaban J connectivity index is 0.919. The van der Waals surface area contributed by atoms with Gasteiger partial charge in [0.2, 0.25) is 5.95 Å². The molecule has 0 spiro atoms. The molecule has 0 saturated carbocycles. The molecule has 17 aromatic rings. The molecule has 13 aromatic carbocycles. The number of para-hydroxylation sites is 9. The third-order valence-corrected chi connectivity index (χ3v) is 17.1. The van der Waals surface area contributed by atoms with Crippen molar-refractivity contribution < 1.29 is 0 Å². The first-order chi connectivity index (χ1) is 43.7. The number of anilines is 9. The smallest absolute Gasteiger partial charge is 0.237 e. The number of benzene rings is 13. The van der Waals surface area contributed by atoms with Crippen LogP contribution in [0.1, 0.15) is 0 Å². The summed E-state index contributed by atoms with van der Waals surface area (Å²) >= 11 is 0. The monoisotopic (exact) mass is 1130 g/mol. The standard InChI is InChI=1S/C80H54N8/c1-7-25-55(26-8-1)83(56-27-9-2-10-28-56)62-45-50-78-70(51-62)67-39-21-24-42-75(67)88(78)79-71-54-61(84(57-29-11-3-12-30-57)63-44-48-76-68(52-63)65-37-19-22-40-73(65)86(76)59-33-15-5-16-34-59)43-47-72(71)81-80(82-79)85(58-31-13-4-14-32-58)64-46-49-77-69(53-64)66-38-20-23-41-74(66)87(77)60-35-17-6-18-36-60/h1-54H. The van der Waals surface area contributed by atoms with Crippen LogP contribution in [0.2, 0.25) is 0 Å². The molecule has 0 amide bonds. The molecule has 0 atom stereocenters. The molecule has 17 rings (SSSR count). The maximum Gasteiger partial charge on any atom is 0.237 e. The second-order valence-electron chi connectivity index (χ2n) is 22.2. The Labute approximate surface area is 508 Å². The van der Waals surface area contributed by atoms with E-state index in [9.17, 15) is 0 Å². The number of aromatic nitrogens is 5. The average molecular weight is 1130 g/mol. The van der Waals surface area contributed by atoms with Gasteiger partial charge in [0.15, 0.2) is 5.82 Å². The highest BCUT2D eigenvalue weighted by Crippen LogP contribution is 2.46. The van der Waals surface area contributed by atoms with Gasteiger partial charge in [0.05, 0.1) is 38.6 Å². The Morgan fingerprint density at radius 3 is 0.920 bits per heavy atom. The highest BCUT2D eigenvalue weighted by atomic mass is 15.3. The van der Waals surface area contributed by atoms with Crippen LogP contribution in [0.25, 0.3) is 93.5 Å². The lowest BCUT2D eigenvalue weighted by molar-refractivity contribution is 1.04. The second-order valence-corrected chi connectivity index (χ2v) is 22.2. The molecule has 0 fully saturated rings. The molecular weight excluding hydrogens is 1070 g/mol. The lowest BCUT2D eigenvalue weighted by Crippen LogP contribution is -2.15. The highest BCUT2D eigenvalue weighted by molar-refractivity contribution is 6.14. The predicted molar refractivity (Wildman–Crippen MR) is 367 cm³/mol. The molecule has 0 radical (unpaired) electrons. The number of rotatable bonds is 12. The summed E-state index contributed by atoms with van der Waals surface area (Å²) in [7, 11) is 0. The van der Waals surface area contributed by atoms with E-state index in [0.717, 1.165) is 128 Å². The summed E-state index contributed by atoms with van der Waals surface area (Å²) in [6, 6.07) is 117. The predicted octanol–water partition coefficient (Wildman–Crippen LogP) is 21.3. The van der Waals surface area contributed by atoms with Crippen LogP contribution in [-0.2, 0) is 0 Å². The Morgan fingerprint density at radius 1 is 0.205 bits per heavy atom. The van der Waals surface area contributed by atoms with Gasteiger partial charge in [-0.05, 0) is 164 Å². The molecule has 414 valence electrons. The van der Waals surface area contributed by atoms with E-state index in [1.165, 1.54) is 10.8 Å². The lowest BCUT2D eigenvalue weighted by Gasteiger charge is -2.27. The van der Waals surface area contributed by atoms with E-state index in [2.05, 4.69) is 356 Å². The minimum atomic E-state index is 0.537. The summed E-state index contributed by atoms with van der Waals surface area (Å²) in [6.45, 7) is 0. The van der Waals surface area contributed by atoms with Crippen molar-refractivity contribution in [2.24, 2.45) is 0 Å². The first-order valence-corrected chi connectivity index (χ1v) is 29.8. The molecule has 8 heteroatoms. The fourth-order valence-electron chi connectivity index (χ4n) is 13.3. The highest BCUT2D eigenvalue weighted by Gasteiger charge is 2.26. The van der Waals surface area contributed by atoms with E-state index < -0.39 is 0 Å². The van der Waals surface area contributed by atoms with Gasteiger partial charge >= 0.3 is 0 Å². The number of hydrogen-bond donors (Lipinski definition) is 0. The summed E-state index contributed by atoms with van der Waals surface area (Å²) in [5.41, 5.74) is 17.7. The molecule has 0 unspecified atom stereocenters.